The Balaban J connectivity index is 1.79. The lowest BCUT2D eigenvalue weighted by atomic mass is 9.87. The highest BCUT2D eigenvalue weighted by Crippen LogP contribution is 2.29. The van der Waals surface area contributed by atoms with Gasteiger partial charge in [-0.15, -0.1) is 0 Å². The summed E-state index contributed by atoms with van der Waals surface area (Å²) in [5.41, 5.74) is -1.33. The minimum Gasteiger partial charge on any atom is -0.447 e. The van der Waals surface area contributed by atoms with Crippen LogP contribution >= 0.6 is 11.6 Å². The normalized spacial score (nSPS) is 13.7. The van der Waals surface area contributed by atoms with E-state index in [-0.39, 0.29) is 5.92 Å². The van der Waals surface area contributed by atoms with E-state index in [1.165, 1.54) is 26.1 Å². The molecule has 3 rings (SSSR count). The lowest BCUT2D eigenvalue weighted by molar-refractivity contribution is -0.142. The first-order chi connectivity index (χ1) is 16.3. The summed E-state index contributed by atoms with van der Waals surface area (Å²) in [5, 5.41) is 3.38. The number of nitrogens with zero attached hydrogens (tertiary/aromatic N) is 3. The Bertz CT molecular complexity index is 1170. The molecule has 0 saturated heterocycles. The molecule has 0 spiro atoms. The SMILES string of the molecule is CC(NC(=O)C(C)(C)Oc1nccc(C(F)(F)F)n1)C(Cc1ccc(Cl)cc1)c1cncc(F)c1. The van der Waals surface area contributed by atoms with Gasteiger partial charge >= 0.3 is 12.2 Å². The average Bonchev–Trinajstić information content (AvgIpc) is 2.78. The summed E-state index contributed by atoms with van der Waals surface area (Å²) >= 11 is 5.97. The van der Waals surface area contributed by atoms with E-state index in [4.69, 9.17) is 16.3 Å². The van der Waals surface area contributed by atoms with Crippen molar-refractivity contribution in [2.45, 2.75) is 50.9 Å². The molecule has 0 fully saturated rings. The maximum atomic E-state index is 13.9. The first-order valence-corrected chi connectivity index (χ1v) is 11.0. The lowest BCUT2D eigenvalue weighted by Gasteiger charge is -2.30. The monoisotopic (exact) mass is 510 g/mol. The fraction of sp³-hybridized carbons (Fsp3) is 0.333. The van der Waals surface area contributed by atoms with E-state index in [0.29, 0.717) is 23.1 Å². The second kappa shape index (κ2) is 10.6. The Morgan fingerprint density at radius 3 is 2.46 bits per heavy atom. The molecule has 0 aliphatic heterocycles. The van der Waals surface area contributed by atoms with Gasteiger partial charge in [0, 0.05) is 29.4 Å². The number of alkyl halides is 3. The Kier molecular flexibility index (Phi) is 7.94. The van der Waals surface area contributed by atoms with Crippen molar-refractivity contribution in [2.75, 3.05) is 0 Å². The standard InChI is InChI=1S/C24H23ClF4N4O2/c1-14(19(16-11-18(26)13-30-12-16)10-15-4-6-17(25)7-5-15)32-21(34)23(2,3)35-22-31-9-8-20(33-22)24(27,28)29/h4-9,11-14,19H,10H2,1-3H3,(H,32,34). The highest BCUT2D eigenvalue weighted by atomic mass is 35.5. The van der Waals surface area contributed by atoms with Gasteiger partial charge in [0.2, 0.25) is 0 Å². The zero-order valence-electron chi connectivity index (χ0n) is 19.1. The number of pyridine rings is 1. The number of halogens is 5. The molecule has 35 heavy (non-hydrogen) atoms. The van der Waals surface area contributed by atoms with Crippen LogP contribution in [0.4, 0.5) is 17.6 Å². The van der Waals surface area contributed by atoms with E-state index in [1.807, 2.05) is 12.1 Å². The Labute approximate surface area is 204 Å². The van der Waals surface area contributed by atoms with Gasteiger partial charge in [0.05, 0.1) is 6.20 Å². The lowest BCUT2D eigenvalue weighted by Crippen LogP contribution is -2.51. The summed E-state index contributed by atoms with van der Waals surface area (Å²) in [7, 11) is 0. The molecule has 6 nitrogen and oxygen atoms in total. The van der Waals surface area contributed by atoms with E-state index in [9.17, 15) is 22.4 Å². The maximum Gasteiger partial charge on any atom is 0.433 e. The molecule has 0 aliphatic rings. The number of hydrogen-bond donors (Lipinski definition) is 1. The topological polar surface area (TPSA) is 77.0 Å². The van der Waals surface area contributed by atoms with Gasteiger partial charge in [0.25, 0.3) is 5.91 Å². The van der Waals surface area contributed by atoms with Gasteiger partial charge in [0.15, 0.2) is 11.3 Å². The number of ether oxygens (including phenoxy) is 1. The van der Waals surface area contributed by atoms with Crippen LogP contribution in [0.2, 0.25) is 5.02 Å². The van der Waals surface area contributed by atoms with Crippen molar-refractivity contribution in [1.82, 2.24) is 20.3 Å². The van der Waals surface area contributed by atoms with Crippen LogP contribution in [-0.2, 0) is 17.4 Å². The number of nitrogens with one attached hydrogen (secondary N) is 1. The molecule has 2 heterocycles. The number of carbonyl (C=O) groups is 1. The van der Waals surface area contributed by atoms with Gasteiger partial charge in [-0.25, -0.2) is 9.37 Å². The summed E-state index contributed by atoms with van der Waals surface area (Å²) in [6.07, 6.45) is -0.749. The van der Waals surface area contributed by atoms with Crippen LogP contribution in [0.5, 0.6) is 6.01 Å². The fourth-order valence-corrected chi connectivity index (χ4v) is 3.52. The van der Waals surface area contributed by atoms with E-state index in [2.05, 4.69) is 20.3 Å². The molecule has 0 aliphatic carbocycles. The van der Waals surface area contributed by atoms with Crippen LogP contribution in [0.3, 0.4) is 0 Å². The molecule has 2 unspecified atom stereocenters. The van der Waals surface area contributed by atoms with Gasteiger partial charge in [-0.2, -0.15) is 18.2 Å². The molecular weight excluding hydrogens is 488 g/mol. The molecule has 0 saturated carbocycles. The number of aromatic nitrogens is 3. The summed E-state index contributed by atoms with van der Waals surface area (Å²) in [5.74, 6) is -1.52. The molecular formula is C24H23ClF4N4O2. The number of carbonyl (C=O) groups excluding carboxylic acids is 1. The molecule has 2 atom stereocenters. The molecule has 0 radical (unpaired) electrons. The number of amides is 1. The summed E-state index contributed by atoms with van der Waals surface area (Å²) in [6.45, 7) is 4.51. The van der Waals surface area contributed by atoms with Gasteiger partial charge in [0.1, 0.15) is 5.82 Å². The van der Waals surface area contributed by atoms with Crippen LogP contribution in [0.1, 0.15) is 43.5 Å². The predicted molar refractivity (Wildman–Crippen MR) is 121 cm³/mol. The molecule has 2 aromatic heterocycles. The van der Waals surface area contributed by atoms with Crippen LogP contribution in [0, 0.1) is 5.82 Å². The van der Waals surface area contributed by atoms with Crippen molar-refractivity contribution in [1.29, 1.82) is 0 Å². The van der Waals surface area contributed by atoms with Gasteiger partial charge in [-0.05, 0) is 62.6 Å². The van der Waals surface area contributed by atoms with Crippen molar-refractivity contribution in [3.8, 4) is 6.01 Å². The molecule has 1 aromatic carbocycles. The minimum absolute atomic E-state index is 0.385. The predicted octanol–water partition coefficient (Wildman–Crippen LogP) is 5.37. The highest BCUT2D eigenvalue weighted by Gasteiger charge is 2.36. The number of hydrogen-bond acceptors (Lipinski definition) is 5. The Morgan fingerprint density at radius 1 is 1.14 bits per heavy atom. The first kappa shape index (κ1) is 26.3. The zero-order chi connectivity index (χ0) is 25.8. The average molecular weight is 511 g/mol. The van der Waals surface area contributed by atoms with E-state index in [1.54, 1.807) is 19.1 Å². The smallest absolute Gasteiger partial charge is 0.433 e. The first-order valence-electron chi connectivity index (χ1n) is 10.6. The van der Waals surface area contributed by atoms with E-state index >= 15 is 0 Å². The Morgan fingerprint density at radius 2 is 1.83 bits per heavy atom. The van der Waals surface area contributed by atoms with Crippen LogP contribution in [-0.4, -0.2) is 32.5 Å². The van der Waals surface area contributed by atoms with Crippen molar-refractivity contribution < 1.29 is 27.1 Å². The third kappa shape index (κ3) is 7.11. The molecule has 1 N–H and O–H groups in total. The van der Waals surface area contributed by atoms with Crippen LogP contribution < -0.4 is 10.1 Å². The zero-order valence-corrected chi connectivity index (χ0v) is 19.9. The summed E-state index contributed by atoms with van der Waals surface area (Å²) in [4.78, 5) is 24.0. The molecule has 0 bridgehead atoms. The van der Waals surface area contributed by atoms with E-state index < -0.39 is 41.2 Å². The number of rotatable bonds is 8. The van der Waals surface area contributed by atoms with Crippen molar-refractivity contribution in [3.05, 3.63) is 82.6 Å². The largest absolute Gasteiger partial charge is 0.447 e. The fourth-order valence-electron chi connectivity index (χ4n) is 3.39. The van der Waals surface area contributed by atoms with Gasteiger partial charge < -0.3 is 10.1 Å². The van der Waals surface area contributed by atoms with Crippen molar-refractivity contribution >= 4 is 17.5 Å². The highest BCUT2D eigenvalue weighted by molar-refractivity contribution is 6.30. The minimum atomic E-state index is -4.68. The van der Waals surface area contributed by atoms with Gasteiger partial charge in [-0.1, -0.05) is 23.7 Å². The molecule has 11 heteroatoms. The van der Waals surface area contributed by atoms with E-state index in [0.717, 1.165) is 18.0 Å². The third-order valence-electron chi connectivity index (χ3n) is 5.30. The second-order valence-electron chi connectivity index (χ2n) is 8.47. The number of benzene rings is 1. The quantitative estimate of drug-likeness (QED) is 0.412. The van der Waals surface area contributed by atoms with Crippen molar-refractivity contribution in [3.63, 3.8) is 0 Å². The molecule has 1 amide bonds. The third-order valence-corrected chi connectivity index (χ3v) is 5.55. The van der Waals surface area contributed by atoms with Crippen LogP contribution in [0.15, 0.2) is 55.0 Å². The van der Waals surface area contributed by atoms with Gasteiger partial charge in [-0.3, -0.25) is 9.78 Å². The maximum absolute atomic E-state index is 13.9. The van der Waals surface area contributed by atoms with Crippen molar-refractivity contribution in [2.24, 2.45) is 0 Å². The molecule has 3 aromatic rings. The molecule has 186 valence electrons. The second-order valence-corrected chi connectivity index (χ2v) is 8.91. The summed E-state index contributed by atoms with van der Waals surface area (Å²) in [6, 6.07) is 8.04. The summed E-state index contributed by atoms with van der Waals surface area (Å²) < 4.78 is 58.2. The van der Waals surface area contributed by atoms with Crippen LogP contribution in [0.25, 0.3) is 0 Å². The Hall–Kier alpha value is -3.27.